The van der Waals surface area contributed by atoms with Crippen LogP contribution in [-0.2, 0) is 5.41 Å². The molecule has 0 N–H and O–H groups in total. The summed E-state index contributed by atoms with van der Waals surface area (Å²) in [7, 11) is 0. The molecule has 0 unspecified atom stereocenters. The highest BCUT2D eigenvalue weighted by Gasteiger charge is 2.46. The Balaban J connectivity index is 2.24. The average Bonchev–Trinajstić information content (AvgIpc) is 3.09. The van der Waals surface area contributed by atoms with Gasteiger partial charge < -0.3 is 0 Å². The predicted molar refractivity (Wildman–Crippen MR) is 68.8 cm³/mol. The van der Waals surface area contributed by atoms with Crippen LogP contribution in [-0.4, -0.2) is 25.8 Å². The first kappa shape index (κ1) is 11.3. The molecule has 0 atom stereocenters. The van der Waals surface area contributed by atoms with Crippen molar-refractivity contribution >= 4 is 28.9 Å². The van der Waals surface area contributed by atoms with Crippen LogP contribution in [0.25, 0.3) is 5.52 Å². The number of hydrogen-bond donors (Lipinski definition) is 0. The summed E-state index contributed by atoms with van der Waals surface area (Å²) in [6, 6.07) is 0. The van der Waals surface area contributed by atoms with Gasteiger partial charge in [0.25, 0.3) is 0 Å². The van der Waals surface area contributed by atoms with E-state index in [0.29, 0.717) is 5.15 Å². The van der Waals surface area contributed by atoms with Crippen LogP contribution in [0.1, 0.15) is 32.0 Å². The van der Waals surface area contributed by atoms with Gasteiger partial charge in [-0.05, 0) is 25.5 Å². The summed E-state index contributed by atoms with van der Waals surface area (Å²) in [5.41, 5.74) is 0.999. The maximum atomic E-state index is 6.15. The molecule has 0 bridgehead atoms. The lowest BCUT2D eigenvalue weighted by atomic mass is 10.0. The van der Waals surface area contributed by atoms with E-state index in [1.165, 1.54) is 24.6 Å². The zero-order chi connectivity index (χ0) is 12.0. The maximum absolute atomic E-state index is 6.15. The summed E-state index contributed by atoms with van der Waals surface area (Å²) in [5.74, 6) is 0.998. The van der Waals surface area contributed by atoms with Gasteiger partial charge in [0.2, 0.25) is 5.16 Å². The number of nitrogens with zero attached hydrogens (tertiary/aromatic N) is 4. The minimum Gasteiger partial charge on any atom is -0.227 e. The first-order chi connectivity index (χ1) is 8.20. The third-order valence-electron chi connectivity index (χ3n) is 3.51. The molecule has 2 aromatic rings. The smallest absolute Gasteiger partial charge is 0.207 e. The lowest BCUT2D eigenvalue weighted by Gasteiger charge is -2.09. The standard InChI is InChI=1S/C11H13ClN4S/c1-3-11(4-5-11)9-14-8(12)7-6-13-10(17-2)15-16(7)9/h6H,3-5H2,1-2H3. The Bertz CT molecular complexity index is 576. The fourth-order valence-electron chi connectivity index (χ4n) is 2.16. The topological polar surface area (TPSA) is 43.1 Å². The van der Waals surface area contributed by atoms with Gasteiger partial charge in [-0.25, -0.2) is 14.5 Å². The molecule has 2 heterocycles. The van der Waals surface area contributed by atoms with E-state index in [2.05, 4.69) is 22.0 Å². The van der Waals surface area contributed by atoms with Crippen LogP contribution in [0.4, 0.5) is 0 Å². The van der Waals surface area contributed by atoms with Crippen molar-refractivity contribution in [2.75, 3.05) is 6.26 Å². The molecule has 0 amide bonds. The zero-order valence-corrected chi connectivity index (χ0v) is 11.3. The Morgan fingerprint density at radius 2 is 2.29 bits per heavy atom. The van der Waals surface area contributed by atoms with Crippen molar-refractivity contribution in [3.63, 3.8) is 0 Å². The van der Waals surface area contributed by atoms with E-state index in [9.17, 15) is 0 Å². The highest BCUT2D eigenvalue weighted by molar-refractivity contribution is 7.98. The molecular formula is C11H13ClN4S. The van der Waals surface area contributed by atoms with Crippen molar-refractivity contribution in [2.24, 2.45) is 0 Å². The van der Waals surface area contributed by atoms with Gasteiger partial charge in [-0.3, -0.25) is 0 Å². The second-order valence-electron chi connectivity index (χ2n) is 4.40. The quantitative estimate of drug-likeness (QED) is 0.803. The van der Waals surface area contributed by atoms with Crippen molar-refractivity contribution in [3.8, 4) is 0 Å². The molecule has 0 spiro atoms. The van der Waals surface area contributed by atoms with Crippen LogP contribution in [0.5, 0.6) is 0 Å². The van der Waals surface area contributed by atoms with E-state index < -0.39 is 0 Å². The molecule has 0 aliphatic heterocycles. The average molecular weight is 269 g/mol. The van der Waals surface area contributed by atoms with E-state index in [0.717, 1.165) is 22.9 Å². The number of fused-ring (bicyclic) bond motifs is 1. The molecule has 1 aliphatic rings. The van der Waals surface area contributed by atoms with Crippen molar-refractivity contribution < 1.29 is 0 Å². The maximum Gasteiger partial charge on any atom is 0.207 e. The molecule has 0 aromatic carbocycles. The second-order valence-corrected chi connectivity index (χ2v) is 5.53. The number of aromatic nitrogens is 4. The van der Waals surface area contributed by atoms with Crippen LogP contribution in [0.3, 0.4) is 0 Å². The summed E-state index contributed by atoms with van der Waals surface area (Å²) >= 11 is 7.67. The molecule has 2 aromatic heterocycles. The van der Waals surface area contributed by atoms with Gasteiger partial charge in [0.05, 0.1) is 6.20 Å². The van der Waals surface area contributed by atoms with Crippen LogP contribution in [0, 0.1) is 0 Å². The lowest BCUT2D eigenvalue weighted by molar-refractivity contribution is 0.584. The SMILES string of the molecule is CCC1(c2nc(Cl)c3cnc(SC)nn23)CC1. The fourth-order valence-corrected chi connectivity index (χ4v) is 2.69. The Hall–Kier alpha value is -0.810. The molecular weight excluding hydrogens is 256 g/mol. The number of imidazole rings is 1. The van der Waals surface area contributed by atoms with Crippen LogP contribution in [0.15, 0.2) is 11.4 Å². The number of halogens is 1. The molecule has 1 saturated carbocycles. The van der Waals surface area contributed by atoms with Gasteiger partial charge in [-0.2, -0.15) is 0 Å². The van der Waals surface area contributed by atoms with Crippen LogP contribution >= 0.6 is 23.4 Å². The fraction of sp³-hybridized carbons (Fsp3) is 0.545. The van der Waals surface area contributed by atoms with Gasteiger partial charge in [0.1, 0.15) is 11.3 Å². The second kappa shape index (κ2) is 3.85. The van der Waals surface area contributed by atoms with E-state index in [-0.39, 0.29) is 5.41 Å². The summed E-state index contributed by atoms with van der Waals surface area (Å²) in [6.45, 7) is 2.19. The Morgan fingerprint density at radius 3 is 2.88 bits per heavy atom. The summed E-state index contributed by atoms with van der Waals surface area (Å²) in [4.78, 5) is 8.72. The highest BCUT2D eigenvalue weighted by atomic mass is 35.5. The van der Waals surface area contributed by atoms with Crippen molar-refractivity contribution in [2.45, 2.75) is 36.8 Å². The van der Waals surface area contributed by atoms with Gasteiger partial charge in [-0.1, -0.05) is 30.3 Å². The van der Waals surface area contributed by atoms with Gasteiger partial charge in [0, 0.05) is 5.41 Å². The van der Waals surface area contributed by atoms with E-state index in [1.54, 1.807) is 6.20 Å². The summed E-state index contributed by atoms with van der Waals surface area (Å²) < 4.78 is 1.87. The molecule has 3 rings (SSSR count). The van der Waals surface area contributed by atoms with E-state index in [1.807, 2.05) is 10.8 Å². The number of rotatable bonds is 3. The Morgan fingerprint density at radius 1 is 1.53 bits per heavy atom. The first-order valence-corrected chi connectivity index (χ1v) is 7.26. The monoisotopic (exact) mass is 268 g/mol. The van der Waals surface area contributed by atoms with E-state index in [4.69, 9.17) is 11.6 Å². The number of hydrogen-bond acceptors (Lipinski definition) is 4. The molecule has 1 aliphatic carbocycles. The Labute approximate surface area is 109 Å². The minimum atomic E-state index is 0.195. The summed E-state index contributed by atoms with van der Waals surface area (Å²) in [5, 5.41) is 5.75. The summed E-state index contributed by atoms with van der Waals surface area (Å²) in [6.07, 6.45) is 7.16. The molecule has 0 radical (unpaired) electrons. The molecule has 90 valence electrons. The predicted octanol–water partition coefficient (Wildman–Crippen LogP) is 2.94. The third-order valence-corrected chi connectivity index (χ3v) is 4.34. The van der Waals surface area contributed by atoms with Gasteiger partial charge >= 0.3 is 0 Å². The van der Waals surface area contributed by atoms with Crippen molar-refractivity contribution in [3.05, 3.63) is 17.2 Å². The zero-order valence-electron chi connectivity index (χ0n) is 9.77. The highest BCUT2D eigenvalue weighted by Crippen LogP contribution is 2.50. The molecule has 6 heteroatoms. The first-order valence-electron chi connectivity index (χ1n) is 5.66. The van der Waals surface area contributed by atoms with Gasteiger partial charge in [-0.15, -0.1) is 5.10 Å². The van der Waals surface area contributed by atoms with Crippen molar-refractivity contribution in [1.82, 2.24) is 19.6 Å². The van der Waals surface area contributed by atoms with Crippen LogP contribution < -0.4 is 0 Å². The molecule has 4 nitrogen and oxygen atoms in total. The van der Waals surface area contributed by atoms with Crippen LogP contribution in [0.2, 0.25) is 5.15 Å². The molecule has 0 saturated heterocycles. The molecule has 1 fully saturated rings. The van der Waals surface area contributed by atoms with Crippen molar-refractivity contribution in [1.29, 1.82) is 0 Å². The third kappa shape index (κ3) is 1.64. The Kier molecular flexibility index (Phi) is 2.56. The number of thioether (sulfide) groups is 1. The minimum absolute atomic E-state index is 0.195. The van der Waals surface area contributed by atoms with E-state index >= 15 is 0 Å². The normalized spacial score (nSPS) is 17.6. The molecule has 17 heavy (non-hydrogen) atoms. The van der Waals surface area contributed by atoms with Gasteiger partial charge in [0.15, 0.2) is 5.15 Å². The largest absolute Gasteiger partial charge is 0.227 e. The lowest BCUT2D eigenvalue weighted by Crippen LogP contribution is -2.12.